The summed E-state index contributed by atoms with van der Waals surface area (Å²) in [5.41, 5.74) is 1.60. The van der Waals surface area contributed by atoms with Gasteiger partial charge in [-0.1, -0.05) is 0 Å². The number of carbonyl (C=O) groups is 2. The Morgan fingerprint density at radius 1 is 1.04 bits per heavy atom. The molecule has 0 atom stereocenters. The monoisotopic (exact) mass is 341 g/mol. The van der Waals surface area contributed by atoms with Crippen LogP contribution in [0, 0.1) is 0 Å². The molecule has 0 fully saturated rings. The minimum atomic E-state index is -0.377. The zero-order valence-corrected chi connectivity index (χ0v) is 14.8. The Kier molecular flexibility index (Phi) is 6.51. The number of pyridine rings is 1. The minimum Gasteiger partial charge on any atom is -0.462 e. The van der Waals surface area contributed by atoms with Gasteiger partial charge in [-0.3, -0.25) is 4.79 Å². The van der Waals surface area contributed by atoms with Crippen molar-refractivity contribution in [3.05, 3.63) is 53.7 Å². The van der Waals surface area contributed by atoms with Gasteiger partial charge in [-0.15, -0.1) is 0 Å². The number of rotatable bonds is 7. The minimum absolute atomic E-state index is 0.223. The molecule has 6 nitrogen and oxygen atoms in total. The van der Waals surface area contributed by atoms with Crippen LogP contribution in [0.15, 0.2) is 42.6 Å². The van der Waals surface area contributed by atoms with Crippen molar-refractivity contribution in [2.24, 2.45) is 0 Å². The molecule has 1 heterocycles. The van der Waals surface area contributed by atoms with Crippen molar-refractivity contribution in [2.75, 3.05) is 29.9 Å². The van der Waals surface area contributed by atoms with E-state index in [1.165, 1.54) is 0 Å². The second-order valence-corrected chi connectivity index (χ2v) is 5.33. The van der Waals surface area contributed by atoms with Gasteiger partial charge in [0.2, 0.25) is 0 Å². The lowest BCUT2D eigenvalue weighted by atomic mass is 10.2. The molecule has 1 N–H and O–H groups in total. The van der Waals surface area contributed by atoms with Gasteiger partial charge in [-0.2, -0.15) is 0 Å². The molecule has 0 aliphatic rings. The summed E-state index contributed by atoms with van der Waals surface area (Å²) in [4.78, 5) is 30.5. The SMILES string of the molecule is CCOC(=O)c1ccc(NC(=O)c2ccnc(N(CC)CC)c2)cc1. The van der Waals surface area contributed by atoms with Crippen LogP contribution in [-0.2, 0) is 4.74 Å². The van der Waals surface area contributed by atoms with E-state index < -0.39 is 0 Å². The van der Waals surface area contributed by atoms with Crippen LogP contribution in [0.2, 0.25) is 0 Å². The van der Waals surface area contributed by atoms with Crippen LogP contribution in [0.4, 0.5) is 11.5 Å². The zero-order valence-electron chi connectivity index (χ0n) is 14.8. The zero-order chi connectivity index (χ0) is 18.2. The number of amides is 1. The number of hydrogen-bond acceptors (Lipinski definition) is 5. The van der Waals surface area contributed by atoms with Gasteiger partial charge in [0.05, 0.1) is 12.2 Å². The van der Waals surface area contributed by atoms with E-state index in [4.69, 9.17) is 4.74 Å². The lowest BCUT2D eigenvalue weighted by molar-refractivity contribution is 0.0526. The highest BCUT2D eigenvalue weighted by atomic mass is 16.5. The standard InChI is InChI=1S/C19H23N3O3/c1-4-22(5-2)17-13-15(11-12-20-17)18(23)21-16-9-7-14(8-10-16)19(24)25-6-3/h7-13H,4-6H2,1-3H3,(H,21,23). The number of nitrogens with one attached hydrogen (secondary N) is 1. The van der Waals surface area contributed by atoms with Crippen molar-refractivity contribution < 1.29 is 14.3 Å². The fourth-order valence-corrected chi connectivity index (χ4v) is 2.39. The Bertz CT molecular complexity index is 725. The molecule has 0 aliphatic carbocycles. The number of carbonyl (C=O) groups excluding carboxylic acids is 2. The molecule has 0 saturated carbocycles. The second-order valence-electron chi connectivity index (χ2n) is 5.33. The van der Waals surface area contributed by atoms with Crippen molar-refractivity contribution in [3.63, 3.8) is 0 Å². The van der Waals surface area contributed by atoms with Crippen molar-refractivity contribution in [2.45, 2.75) is 20.8 Å². The van der Waals surface area contributed by atoms with Crippen LogP contribution >= 0.6 is 0 Å². The van der Waals surface area contributed by atoms with Crippen LogP contribution in [0.1, 0.15) is 41.5 Å². The topological polar surface area (TPSA) is 71.5 Å². The number of esters is 1. The van der Waals surface area contributed by atoms with Crippen LogP contribution in [0.25, 0.3) is 0 Å². The lowest BCUT2D eigenvalue weighted by Crippen LogP contribution is -2.23. The van der Waals surface area contributed by atoms with Crippen molar-refractivity contribution in [1.29, 1.82) is 0 Å². The Balaban J connectivity index is 2.09. The van der Waals surface area contributed by atoms with Crippen LogP contribution < -0.4 is 10.2 Å². The van der Waals surface area contributed by atoms with E-state index in [0.717, 1.165) is 18.9 Å². The maximum absolute atomic E-state index is 12.4. The number of hydrogen-bond donors (Lipinski definition) is 1. The predicted octanol–water partition coefficient (Wildman–Crippen LogP) is 3.36. The molecule has 1 amide bonds. The first-order chi connectivity index (χ1) is 12.1. The number of benzene rings is 1. The Hall–Kier alpha value is -2.89. The largest absolute Gasteiger partial charge is 0.462 e. The molecule has 0 radical (unpaired) electrons. The van der Waals surface area contributed by atoms with Gasteiger partial charge >= 0.3 is 5.97 Å². The van der Waals surface area contributed by atoms with Gasteiger partial charge in [-0.25, -0.2) is 9.78 Å². The Labute approximate surface area is 147 Å². The van der Waals surface area contributed by atoms with E-state index in [9.17, 15) is 9.59 Å². The lowest BCUT2D eigenvalue weighted by Gasteiger charge is -2.20. The Morgan fingerprint density at radius 3 is 2.32 bits per heavy atom. The van der Waals surface area contributed by atoms with Gasteiger partial charge in [0.15, 0.2) is 0 Å². The smallest absolute Gasteiger partial charge is 0.338 e. The molecule has 0 bridgehead atoms. The van der Waals surface area contributed by atoms with Crippen LogP contribution in [0.5, 0.6) is 0 Å². The quantitative estimate of drug-likeness (QED) is 0.782. The molecule has 25 heavy (non-hydrogen) atoms. The van der Waals surface area contributed by atoms with E-state index >= 15 is 0 Å². The average molecular weight is 341 g/mol. The number of aromatic nitrogens is 1. The third kappa shape index (κ3) is 4.79. The van der Waals surface area contributed by atoms with Gasteiger partial charge < -0.3 is 15.0 Å². The molecule has 2 rings (SSSR count). The molecule has 1 aromatic heterocycles. The fourth-order valence-electron chi connectivity index (χ4n) is 2.39. The van der Waals surface area contributed by atoms with Gasteiger partial charge in [0.25, 0.3) is 5.91 Å². The van der Waals surface area contributed by atoms with Gasteiger partial charge in [0, 0.05) is 30.5 Å². The van der Waals surface area contributed by atoms with Crippen molar-refractivity contribution in [3.8, 4) is 0 Å². The molecule has 0 spiro atoms. The maximum Gasteiger partial charge on any atom is 0.338 e. The second kappa shape index (κ2) is 8.82. The molecule has 0 aliphatic heterocycles. The molecule has 0 unspecified atom stereocenters. The Morgan fingerprint density at radius 2 is 1.72 bits per heavy atom. The molecular weight excluding hydrogens is 318 g/mol. The van der Waals surface area contributed by atoms with E-state index in [1.54, 1.807) is 49.5 Å². The summed E-state index contributed by atoms with van der Waals surface area (Å²) in [5.74, 6) is 0.174. The van der Waals surface area contributed by atoms with E-state index in [0.29, 0.717) is 23.4 Å². The van der Waals surface area contributed by atoms with Gasteiger partial charge in [-0.05, 0) is 57.2 Å². The van der Waals surface area contributed by atoms with Crippen molar-refractivity contribution in [1.82, 2.24) is 4.98 Å². The third-order valence-electron chi connectivity index (χ3n) is 3.75. The highest BCUT2D eigenvalue weighted by Gasteiger charge is 2.11. The highest BCUT2D eigenvalue weighted by molar-refractivity contribution is 6.04. The summed E-state index contributed by atoms with van der Waals surface area (Å²) < 4.78 is 4.94. The molecular formula is C19H23N3O3. The van der Waals surface area contributed by atoms with Crippen molar-refractivity contribution >= 4 is 23.4 Å². The normalized spacial score (nSPS) is 10.2. The molecule has 1 aromatic carbocycles. The number of ether oxygens (including phenoxy) is 1. The molecule has 0 saturated heterocycles. The summed E-state index contributed by atoms with van der Waals surface area (Å²) in [6.07, 6.45) is 1.63. The molecule has 132 valence electrons. The maximum atomic E-state index is 12.4. The first kappa shape index (κ1) is 18.4. The summed E-state index contributed by atoms with van der Waals surface area (Å²) in [6, 6.07) is 10.1. The predicted molar refractivity (Wildman–Crippen MR) is 98.1 cm³/mol. The van der Waals surface area contributed by atoms with Gasteiger partial charge in [0.1, 0.15) is 5.82 Å². The summed E-state index contributed by atoms with van der Waals surface area (Å²) in [7, 11) is 0. The summed E-state index contributed by atoms with van der Waals surface area (Å²) >= 11 is 0. The first-order valence-corrected chi connectivity index (χ1v) is 8.38. The molecule has 2 aromatic rings. The molecule has 6 heteroatoms. The summed E-state index contributed by atoms with van der Waals surface area (Å²) in [5, 5.41) is 2.82. The number of nitrogens with zero attached hydrogens (tertiary/aromatic N) is 2. The van der Waals surface area contributed by atoms with Crippen LogP contribution in [0.3, 0.4) is 0 Å². The van der Waals surface area contributed by atoms with E-state index in [-0.39, 0.29) is 11.9 Å². The first-order valence-electron chi connectivity index (χ1n) is 8.38. The third-order valence-corrected chi connectivity index (χ3v) is 3.75. The van der Waals surface area contributed by atoms with Crippen LogP contribution in [-0.4, -0.2) is 36.6 Å². The fraction of sp³-hybridized carbons (Fsp3) is 0.316. The average Bonchev–Trinajstić information content (AvgIpc) is 2.64. The highest BCUT2D eigenvalue weighted by Crippen LogP contribution is 2.15. The number of anilines is 2. The van der Waals surface area contributed by atoms with E-state index in [1.807, 2.05) is 13.8 Å². The summed E-state index contributed by atoms with van der Waals surface area (Å²) in [6.45, 7) is 7.82. The van der Waals surface area contributed by atoms with E-state index in [2.05, 4.69) is 15.2 Å².